The lowest BCUT2D eigenvalue weighted by Gasteiger charge is -2.20. The first-order chi connectivity index (χ1) is 5.27. The van der Waals surface area contributed by atoms with E-state index in [9.17, 15) is 0 Å². The third-order valence-electron chi connectivity index (χ3n) is 2.01. The Kier molecular flexibility index (Phi) is 2.57. The number of hydrazone groups is 1. The number of hydrogen-bond acceptors (Lipinski definition) is 2. The Hall–Kier alpha value is -0.930. The van der Waals surface area contributed by atoms with Crippen LogP contribution in [0.5, 0.6) is 0 Å². The normalized spacial score (nSPS) is 18.5. The minimum Gasteiger partial charge on any atom is -0.368 e. The molecule has 0 aromatic heterocycles. The molecule has 1 fully saturated rings. The highest BCUT2D eigenvalue weighted by Gasteiger charge is 2.24. The SMILES string of the molecule is CCN(CC1CC1)C(N)=NN. The van der Waals surface area contributed by atoms with E-state index in [1.165, 1.54) is 12.8 Å². The zero-order valence-electron chi connectivity index (χ0n) is 6.95. The standard InChI is InChI=1S/C7H16N4/c1-2-11(7(8)10-9)5-6-3-4-6/h6H,2-5,9H2,1H3,(H2,8,10). The number of nitrogens with two attached hydrogens (primary N) is 2. The average molecular weight is 156 g/mol. The van der Waals surface area contributed by atoms with E-state index >= 15 is 0 Å². The van der Waals surface area contributed by atoms with Crippen molar-refractivity contribution in [1.29, 1.82) is 0 Å². The predicted molar refractivity (Wildman–Crippen MR) is 45.8 cm³/mol. The van der Waals surface area contributed by atoms with Gasteiger partial charge in [-0.05, 0) is 25.7 Å². The summed E-state index contributed by atoms with van der Waals surface area (Å²) in [4.78, 5) is 2.01. The largest absolute Gasteiger partial charge is 0.368 e. The lowest BCUT2D eigenvalue weighted by atomic mass is 10.4. The molecule has 0 aliphatic heterocycles. The van der Waals surface area contributed by atoms with Crippen LogP contribution in [0.2, 0.25) is 0 Å². The summed E-state index contributed by atoms with van der Waals surface area (Å²) in [6.45, 7) is 3.96. The fourth-order valence-electron chi connectivity index (χ4n) is 1.08. The second-order valence-corrected chi connectivity index (χ2v) is 2.97. The Morgan fingerprint density at radius 3 is 2.64 bits per heavy atom. The molecule has 1 saturated carbocycles. The van der Waals surface area contributed by atoms with Crippen LogP contribution in [0.15, 0.2) is 5.10 Å². The van der Waals surface area contributed by atoms with Gasteiger partial charge in [0.15, 0.2) is 0 Å². The molecule has 4 heteroatoms. The van der Waals surface area contributed by atoms with Crippen molar-refractivity contribution < 1.29 is 0 Å². The van der Waals surface area contributed by atoms with Gasteiger partial charge in [0, 0.05) is 13.1 Å². The van der Waals surface area contributed by atoms with Crippen LogP contribution in [0.4, 0.5) is 0 Å². The first kappa shape index (κ1) is 8.17. The Morgan fingerprint density at radius 2 is 2.27 bits per heavy atom. The van der Waals surface area contributed by atoms with E-state index in [0.717, 1.165) is 19.0 Å². The molecular formula is C7H16N4. The van der Waals surface area contributed by atoms with E-state index in [1.807, 2.05) is 4.90 Å². The van der Waals surface area contributed by atoms with Crippen LogP contribution in [-0.4, -0.2) is 23.9 Å². The molecule has 0 spiro atoms. The van der Waals surface area contributed by atoms with Crippen LogP contribution < -0.4 is 11.6 Å². The zero-order valence-corrected chi connectivity index (χ0v) is 6.95. The lowest BCUT2D eigenvalue weighted by molar-refractivity contribution is 0.413. The molecule has 4 N–H and O–H groups in total. The van der Waals surface area contributed by atoms with Crippen LogP contribution >= 0.6 is 0 Å². The molecule has 4 nitrogen and oxygen atoms in total. The van der Waals surface area contributed by atoms with Gasteiger partial charge in [0.05, 0.1) is 0 Å². The molecule has 64 valence electrons. The molecule has 0 amide bonds. The molecule has 0 atom stereocenters. The minimum atomic E-state index is 0.458. The van der Waals surface area contributed by atoms with Crippen LogP contribution in [0.25, 0.3) is 0 Å². The van der Waals surface area contributed by atoms with E-state index in [4.69, 9.17) is 11.6 Å². The van der Waals surface area contributed by atoms with Gasteiger partial charge >= 0.3 is 0 Å². The van der Waals surface area contributed by atoms with Crippen LogP contribution in [0.3, 0.4) is 0 Å². The van der Waals surface area contributed by atoms with Crippen LogP contribution in [-0.2, 0) is 0 Å². The maximum atomic E-state index is 5.55. The van der Waals surface area contributed by atoms with Crippen LogP contribution in [0.1, 0.15) is 19.8 Å². The molecule has 0 saturated heterocycles. The molecule has 0 bridgehead atoms. The van der Waals surface area contributed by atoms with Gasteiger partial charge in [-0.3, -0.25) is 0 Å². The van der Waals surface area contributed by atoms with Gasteiger partial charge in [-0.2, -0.15) is 0 Å². The summed E-state index contributed by atoms with van der Waals surface area (Å²) in [6, 6.07) is 0. The summed E-state index contributed by atoms with van der Waals surface area (Å²) in [5.41, 5.74) is 5.55. The van der Waals surface area contributed by atoms with Crippen molar-refractivity contribution in [3.63, 3.8) is 0 Å². The predicted octanol–water partition coefficient (Wildman–Crippen LogP) is -0.0933. The van der Waals surface area contributed by atoms with Crippen molar-refractivity contribution in [2.24, 2.45) is 22.6 Å². The molecular weight excluding hydrogens is 140 g/mol. The van der Waals surface area contributed by atoms with Crippen molar-refractivity contribution in [1.82, 2.24) is 4.90 Å². The van der Waals surface area contributed by atoms with Gasteiger partial charge in [-0.15, -0.1) is 5.10 Å². The number of hydrogen-bond donors (Lipinski definition) is 2. The molecule has 1 aliphatic carbocycles. The topological polar surface area (TPSA) is 67.6 Å². The molecule has 0 aromatic rings. The number of rotatable bonds is 3. The molecule has 1 rings (SSSR count). The van der Waals surface area contributed by atoms with Crippen LogP contribution in [0, 0.1) is 5.92 Å². The van der Waals surface area contributed by atoms with Crippen molar-refractivity contribution in [2.75, 3.05) is 13.1 Å². The summed E-state index contributed by atoms with van der Waals surface area (Å²) < 4.78 is 0. The number of guanidine groups is 1. The van der Waals surface area contributed by atoms with E-state index in [0.29, 0.717) is 5.96 Å². The zero-order chi connectivity index (χ0) is 8.27. The van der Waals surface area contributed by atoms with Gasteiger partial charge in [-0.1, -0.05) is 0 Å². The smallest absolute Gasteiger partial charge is 0.213 e. The molecule has 11 heavy (non-hydrogen) atoms. The molecule has 0 radical (unpaired) electrons. The second kappa shape index (κ2) is 3.46. The third-order valence-corrected chi connectivity index (χ3v) is 2.01. The van der Waals surface area contributed by atoms with E-state index in [-0.39, 0.29) is 0 Å². The first-order valence-corrected chi connectivity index (χ1v) is 4.06. The maximum absolute atomic E-state index is 5.55. The summed E-state index contributed by atoms with van der Waals surface area (Å²) in [7, 11) is 0. The van der Waals surface area contributed by atoms with E-state index in [1.54, 1.807) is 0 Å². The second-order valence-electron chi connectivity index (χ2n) is 2.97. The highest BCUT2D eigenvalue weighted by Crippen LogP contribution is 2.29. The van der Waals surface area contributed by atoms with Gasteiger partial charge in [-0.25, -0.2) is 0 Å². The third kappa shape index (κ3) is 2.29. The summed E-state index contributed by atoms with van der Waals surface area (Å²) in [5.74, 6) is 6.35. The molecule has 0 aromatic carbocycles. The monoisotopic (exact) mass is 156 g/mol. The Bertz CT molecular complexity index is 151. The van der Waals surface area contributed by atoms with Gasteiger partial charge in [0.25, 0.3) is 0 Å². The van der Waals surface area contributed by atoms with Crippen molar-refractivity contribution in [3.05, 3.63) is 0 Å². The highest BCUT2D eigenvalue weighted by atomic mass is 15.3. The fraction of sp³-hybridized carbons (Fsp3) is 0.857. The minimum absolute atomic E-state index is 0.458. The molecule has 0 heterocycles. The number of nitrogens with zero attached hydrogens (tertiary/aromatic N) is 2. The van der Waals surface area contributed by atoms with Crippen molar-refractivity contribution >= 4 is 5.96 Å². The fourth-order valence-corrected chi connectivity index (χ4v) is 1.08. The van der Waals surface area contributed by atoms with Crippen molar-refractivity contribution in [2.45, 2.75) is 19.8 Å². The summed E-state index contributed by atoms with van der Waals surface area (Å²) in [5, 5.41) is 3.46. The summed E-state index contributed by atoms with van der Waals surface area (Å²) >= 11 is 0. The quantitative estimate of drug-likeness (QED) is 0.260. The average Bonchev–Trinajstić information content (AvgIpc) is 2.82. The van der Waals surface area contributed by atoms with E-state index < -0.39 is 0 Å². The first-order valence-electron chi connectivity index (χ1n) is 4.06. The Labute approximate surface area is 67.2 Å². The maximum Gasteiger partial charge on any atom is 0.213 e. The molecule has 1 aliphatic rings. The lowest BCUT2D eigenvalue weighted by Crippen LogP contribution is -2.39. The summed E-state index contributed by atoms with van der Waals surface area (Å²) in [6.07, 6.45) is 2.66. The van der Waals surface area contributed by atoms with Gasteiger partial charge < -0.3 is 16.5 Å². The highest BCUT2D eigenvalue weighted by molar-refractivity contribution is 5.77. The Balaban J connectivity index is 2.34. The van der Waals surface area contributed by atoms with Gasteiger partial charge in [0.1, 0.15) is 0 Å². The molecule has 0 unspecified atom stereocenters. The van der Waals surface area contributed by atoms with E-state index in [2.05, 4.69) is 12.0 Å². The van der Waals surface area contributed by atoms with Gasteiger partial charge in [0.2, 0.25) is 5.96 Å². The van der Waals surface area contributed by atoms with Crippen molar-refractivity contribution in [3.8, 4) is 0 Å². The Morgan fingerprint density at radius 1 is 1.64 bits per heavy atom.